The quantitative estimate of drug-likeness (QED) is 0.345. The van der Waals surface area contributed by atoms with Crippen molar-refractivity contribution in [3.63, 3.8) is 0 Å². The second-order valence-corrected chi connectivity index (χ2v) is 9.47. The lowest BCUT2D eigenvalue weighted by molar-refractivity contribution is -0.274. The zero-order chi connectivity index (χ0) is 26.9. The minimum atomic E-state index is -4.75. The van der Waals surface area contributed by atoms with E-state index in [-0.39, 0.29) is 18.2 Å². The Hall–Kier alpha value is -3.94. The third kappa shape index (κ3) is 5.64. The smallest absolute Gasteiger partial charge is 0.494 e. The maximum atomic E-state index is 12.4. The van der Waals surface area contributed by atoms with Crippen molar-refractivity contribution in [3.8, 4) is 17.7 Å². The average Bonchev–Trinajstić information content (AvgIpc) is 3.20. The number of pyridine rings is 1. The second kappa shape index (κ2) is 10.4. The summed E-state index contributed by atoms with van der Waals surface area (Å²) in [6, 6.07) is 15.1. The van der Waals surface area contributed by atoms with E-state index in [9.17, 15) is 23.5 Å². The Morgan fingerprint density at radius 1 is 1.03 bits per heavy atom. The summed E-state index contributed by atoms with van der Waals surface area (Å²) in [6.45, 7) is 3.98. The van der Waals surface area contributed by atoms with Gasteiger partial charge in [0.15, 0.2) is 0 Å². The van der Waals surface area contributed by atoms with Crippen molar-refractivity contribution in [2.24, 2.45) is 0 Å². The summed E-state index contributed by atoms with van der Waals surface area (Å²) in [5.74, 6) is 0.394. The Labute approximate surface area is 221 Å². The molecule has 0 atom stereocenters. The molecule has 4 aromatic rings. The van der Waals surface area contributed by atoms with Gasteiger partial charge in [0.25, 0.3) is 0 Å². The lowest BCUT2D eigenvalue weighted by Crippen LogP contribution is -2.46. The summed E-state index contributed by atoms with van der Waals surface area (Å²) in [4.78, 5) is 8.79. The number of fused-ring (bicyclic) bond motifs is 1. The van der Waals surface area contributed by atoms with Crippen molar-refractivity contribution >= 4 is 28.2 Å². The Bertz CT molecular complexity index is 1490. The molecule has 0 aliphatic carbocycles. The van der Waals surface area contributed by atoms with Crippen LogP contribution in [0.5, 0.6) is 11.6 Å². The van der Waals surface area contributed by atoms with Gasteiger partial charge in [-0.05, 0) is 47.5 Å². The van der Waals surface area contributed by atoms with Gasteiger partial charge >= 0.3 is 6.36 Å². The molecule has 196 valence electrons. The fourth-order valence-electron chi connectivity index (χ4n) is 4.71. The van der Waals surface area contributed by atoms with Crippen LogP contribution in [-0.2, 0) is 13.1 Å². The standard InChI is InChI=1S/C27H23ClF3N5O2/c28-23-13-19(15-34-8-10-35(11-9-34)25-20(14-32)2-1-7-33-25)12-21-17-36(26(37)24(21)23)16-18-3-5-22(6-4-18)38-27(29,30)31/h1-7,12-13,17,37H,8-11,15-16H2. The fraction of sp³-hybridized carbons (Fsp3) is 0.259. The average molecular weight is 542 g/mol. The van der Waals surface area contributed by atoms with Crippen molar-refractivity contribution in [2.45, 2.75) is 19.5 Å². The van der Waals surface area contributed by atoms with E-state index in [1.54, 1.807) is 29.1 Å². The first-order valence-corrected chi connectivity index (χ1v) is 12.3. The molecule has 1 saturated heterocycles. The number of alkyl halides is 3. The predicted octanol–water partition coefficient (Wildman–Crippen LogP) is 5.54. The van der Waals surface area contributed by atoms with E-state index in [0.717, 1.165) is 37.1 Å². The van der Waals surface area contributed by atoms with Crippen LogP contribution in [0.15, 0.2) is 60.9 Å². The molecule has 0 radical (unpaired) electrons. The van der Waals surface area contributed by atoms with Gasteiger partial charge in [0.1, 0.15) is 17.6 Å². The van der Waals surface area contributed by atoms with E-state index in [2.05, 4.69) is 25.6 Å². The minimum Gasteiger partial charge on any atom is -0.494 e. The van der Waals surface area contributed by atoms with Crippen LogP contribution >= 0.6 is 11.6 Å². The van der Waals surface area contributed by atoms with E-state index >= 15 is 0 Å². The summed E-state index contributed by atoms with van der Waals surface area (Å²) < 4.78 is 42.7. The molecule has 1 fully saturated rings. The third-order valence-electron chi connectivity index (χ3n) is 6.47. The number of hydrogen-bond donors (Lipinski definition) is 1. The number of anilines is 1. The highest BCUT2D eigenvalue weighted by atomic mass is 35.5. The molecule has 0 spiro atoms. The van der Waals surface area contributed by atoms with Crippen molar-refractivity contribution in [3.05, 3.63) is 82.6 Å². The van der Waals surface area contributed by atoms with Crippen LogP contribution in [0.3, 0.4) is 0 Å². The van der Waals surface area contributed by atoms with Gasteiger partial charge < -0.3 is 19.3 Å². The first-order chi connectivity index (χ1) is 18.2. The van der Waals surface area contributed by atoms with Crippen molar-refractivity contribution in [1.82, 2.24) is 14.5 Å². The van der Waals surface area contributed by atoms with Crippen LogP contribution < -0.4 is 9.64 Å². The van der Waals surface area contributed by atoms with Crippen molar-refractivity contribution < 1.29 is 23.0 Å². The summed E-state index contributed by atoms with van der Waals surface area (Å²) >= 11 is 6.56. The van der Waals surface area contributed by atoms with E-state index < -0.39 is 6.36 Å². The first kappa shape index (κ1) is 25.7. The number of benzene rings is 2. The molecule has 7 nitrogen and oxygen atoms in total. The van der Waals surface area contributed by atoms with Crippen LogP contribution in [0.1, 0.15) is 16.7 Å². The highest BCUT2D eigenvalue weighted by Gasteiger charge is 2.31. The number of aromatic hydroxyl groups is 1. The molecule has 38 heavy (non-hydrogen) atoms. The number of nitrogens with zero attached hydrogens (tertiary/aromatic N) is 5. The minimum absolute atomic E-state index is 0.00978. The molecule has 5 rings (SSSR count). The highest BCUT2D eigenvalue weighted by Crippen LogP contribution is 2.35. The van der Waals surface area contributed by atoms with Gasteiger partial charge in [-0.3, -0.25) is 4.90 Å². The predicted molar refractivity (Wildman–Crippen MR) is 137 cm³/mol. The van der Waals surface area contributed by atoms with E-state index in [1.807, 2.05) is 12.1 Å². The molecule has 2 aromatic heterocycles. The number of nitriles is 1. The highest BCUT2D eigenvalue weighted by molar-refractivity contribution is 6.36. The van der Waals surface area contributed by atoms with Gasteiger partial charge in [0, 0.05) is 50.5 Å². The number of hydrogen-bond acceptors (Lipinski definition) is 6. The Balaban J connectivity index is 1.27. The lowest BCUT2D eigenvalue weighted by Gasteiger charge is -2.35. The zero-order valence-corrected chi connectivity index (χ0v) is 20.9. The number of ether oxygens (including phenoxy) is 1. The topological polar surface area (TPSA) is 77.5 Å². The lowest BCUT2D eigenvalue weighted by atomic mass is 10.1. The molecule has 0 saturated carbocycles. The van der Waals surface area contributed by atoms with Gasteiger partial charge in [-0.15, -0.1) is 13.2 Å². The third-order valence-corrected chi connectivity index (χ3v) is 6.76. The maximum Gasteiger partial charge on any atom is 0.573 e. The molecular weight excluding hydrogens is 519 g/mol. The number of rotatable bonds is 6. The largest absolute Gasteiger partial charge is 0.573 e. The van der Waals surface area contributed by atoms with Crippen LogP contribution in [0.2, 0.25) is 5.02 Å². The summed E-state index contributed by atoms with van der Waals surface area (Å²) in [7, 11) is 0. The van der Waals surface area contributed by atoms with Gasteiger partial charge in [-0.2, -0.15) is 5.26 Å². The summed E-state index contributed by atoms with van der Waals surface area (Å²) in [6.07, 6.45) is -1.28. The molecule has 1 aliphatic rings. The normalized spacial score (nSPS) is 14.6. The molecule has 1 aliphatic heterocycles. The van der Waals surface area contributed by atoms with E-state index in [4.69, 9.17) is 11.6 Å². The maximum absolute atomic E-state index is 12.4. The summed E-state index contributed by atoms with van der Waals surface area (Å²) in [5, 5.41) is 21.9. The molecule has 0 bridgehead atoms. The van der Waals surface area contributed by atoms with Gasteiger partial charge in [-0.1, -0.05) is 23.7 Å². The molecular formula is C27H23ClF3N5O2. The molecule has 0 amide bonds. The number of piperazine rings is 1. The summed E-state index contributed by atoms with van der Waals surface area (Å²) in [5.41, 5.74) is 2.25. The molecule has 3 heterocycles. The SMILES string of the molecule is N#Cc1cccnc1N1CCN(Cc2cc(Cl)c3c(O)n(Cc4ccc(OC(F)(F)F)cc4)cc3c2)CC1. The molecule has 2 aromatic carbocycles. The van der Waals surface area contributed by atoms with Gasteiger partial charge in [0.2, 0.25) is 5.88 Å². The number of halogens is 4. The zero-order valence-electron chi connectivity index (χ0n) is 20.1. The Morgan fingerprint density at radius 2 is 1.76 bits per heavy atom. The van der Waals surface area contributed by atoms with Crippen LogP contribution in [-0.4, -0.2) is 52.1 Å². The Morgan fingerprint density at radius 3 is 2.45 bits per heavy atom. The number of aromatic nitrogens is 2. The van der Waals surface area contributed by atoms with Gasteiger partial charge in [-0.25, -0.2) is 4.98 Å². The van der Waals surface area contributed by atoms with Crippen LogP contribution in [0.4, 0.5) is 19.0 Å². The first-order valence-electron chi connectivity index (χ1n) is 11.9. The van der Waals surface area contributed by atoms with E-state index in [1.165, 1.54) is 24.3 Å². The van der Waals surface area contributed by atoms with Crippen LogP contribution in [0.25, 0.3) is 10.8 Å². The Kier molecular flexibility index (Phi) is 7.06. The van der Waals surface area contributed by atoms with Gasteiger partial charge in [0.05, 0.1) is 22.5 Å². The van der Waals surface area contributed by atoms with Crippen LogP contribution in [0, 0.1) is 11.3 Å². The van der Waals surface area contributed by atoms with E-state index in [0.29, 0.717) is 33.9 Å². The van der Waals surface area contributed by atoms with Crippen molar-refractivity contribution in [2.75, 3.05) is 31.1 Å². The monoisotopic (exact) mass is 541 g/mol. The fourth-order valence-corrected chi connectivity index (χ4v) is 5.05. The second-order valence-electron chi connectivity index (χ2n) is 9.06. The molecule has 0 unspecified atom stereocenters. The molecule has 11 heteroatoms. The van der Waals surface area contributed by atoms with Crippen molar-refractivity contribution in [1.29, 1.82) is 5.26 Å². The molecule has 1 N–H and O–H groups in total.